The zero-order chi connectivity index (χ0) is 18.8. The maximum absolute atomic E-state index is 11.8. The number of likely N-dealkylation sites (N-methyl/N-ethyl adjacent to an activating group) is 1. The Hall–Kier alpha value is -0.650. The summed E-state index contributed by atoms with van der Waals surface area (Å²) in [4.78, 5) is 20.1. The summed E-state index contributed by atoms with van der Waals surface area (Å²) in [6, 6.07) is 0. The number of guanidine groups is 1. The molecular formula is C18H35IN4O4. The van der Waals surface area contributed by atoms with Gasteiger partial charge in [-0.25, -0.2) is 4.99 Å². The van der Waals surface area contributed by atoms with E-state index in [0.717, 1.165) is 51.3 Å². The van der Waals surface area contributed by atoms with Gasteiger partial charge in [-0.1, -0.05) is 0 Å². The summed E-state index contributed by atoms with van der Waals surface area (Å²) < 4.78 is 16.7. The van der Waals surface area contributed by atoms with Crippen molar-refractivity contribution >= 4 is 35.8 Å². The number of aliphatic imine (C=N–C) groups is 1. The number of halogens is 1. The number of methoxy groups -OCH3 is 1. The zero-order valence-electron chi connectivity index (χ0n) is 16.8. The third kappa shape index (κ3) is 8.93. The molecule has 2 aliphatic rings. The molecule has 2 aliphatic heterocycles. The minimum atomic E-state index is -0.00850. The van der Waals surface area contributed by atoms with Gasteiger partial charge in [0.25, 0.3) is 0 Å². The topological polar surface area (TPSA) is 75.6 Å². The number of likely N-dealkylation sites (tertiary alicyclic amines) is 1. The normalized spacial score (nSPS) is 21.1. The third-order valence-electron chi connectivity index (χ3n) is 4.74. The second kappa shape index (κ2) is 13.5. The van der Waals surface area contributed by atoms with Gasteiger partial charge in [-0.2, -0.15) is 0 Å². The number of piperidine rings is 1. The van der Waals surface area contributed by atoms with Gasteiger partial charge in [-0.15, -0.1) is 24.0 Å². The number of carbonyl (C=O) groups excluding carboxylic acids is 1. The summed E-state index contributed by atoms with van der Waals surface area (Å²) in [7, 11) is 5.16. The first-order valence-corrected chi connectivity index (χ1v) is 9.55. The molecule has 1 N–H and O–H groups in total. The molecule has 1 unspecified atom stereocenters. The molecule has 0 aromatic heterocycles. The summed E-state index contributed by atoms with van der Waals surface area (Å²) in [5, 5.41) is 3.30. The number of hydrogen-bond donors (Lipinski definition) is 1. The highest BCUT2D eigenvalue weighted by molar-refractivity contribution is 14.0. The maximum atomic E-state index is 11.8. The molecule has 9 heteroatoms. The highest BCUT2D eigenvalue weighted by Gasteiger charge is 2.24. The lowest BCUT2D eigenvalue weighted by Crippen LogP contribution is -2.48. The van der Waals surface area contributed by atoms with Crippen LogP contribution in [0.1, 0.15) is 25.7 Å². The summed E-state index contributed by atoms with van der Waals surface area (Å²) in [5.74, 6) is 0.764. The van der Waals surface area contributed by atoms with Crippen molar-refractivity contribution in [1.82, 2.24) is 15.1 Å². The first-order chi connectivity index (χ1) is 12.6. The number of hydrogen-bond acceptors (Lipinski definition) is 5. The average molecular weight is 498 g/mol. The van der Waals surface area contributed by atoms with Crippen LogP contribution in [0, 0.1) is 0 Å². The summed E-state index contributed by atoms with van der Waals surface area (Å²) >= 11 is 0. The largest absolute Gasteiger partial charge is 0.383 e. The van der Waals surface area contributed by atoms with Crippen LogP contribution >= 0.6 is 24.0 Å². The Labute approximate surface area is 180 Å². The smallest absolute Gasteiger partial charge is 0.243 e. The van der Waals surface area contributed by atoms with Crippen LogP contribution in [0.3, 0.4) is 0 Å². The Kier molecular flexibility index (Phi) is 12.2. The van der Waals surface area contributed by atoms with Crippen molar-refractivity contribution in [2.24, 2.45) is 4.99 Å². The molecule has 0 aromatic rings. The second-order valence-corrected chi connectivity index (χ2v) is 7.00. The molecule has 0 aromatic carbocycles. The Morgan fingerprint density at radius 1 is 1.30 bits per heavy atom. The van der Waals surface area contributed by atoms with Crippen LogP contribution in [0.15, 0.2) is 4.99 Å². The number of rotatable bonds is 8. The lowest BCUT2D eigenvalue weighted by molar-refractivity contribution is -0.127. The Morgan fingerprint density at radius 3 is 2.63 bits per heavy atom. The van der Waals surface area contributed by atoms with Crippen molar-refractivity contribution in [3.8, 4) is 0 Å². The van der Waals surface area contributed by atoms with Gasteiger partial charge >= 0.3 is 0 Å². The first-order valence-electron chi connectivity index (χ1n) is 9.55. The summed E-state index contributed by atoms with van der Waals surface area (Å²) in [5.41, 5.74) is 0. The number of carbonyl (C=O) groups is 1. The molecule has 27 heavy (non-hydrogen) atoms. The van der Waals surface area contributed by atoms with Gasteiger partial charge < -0.3 is 29.3 Å². The van der Waals surface area contributed by atoms with E-state index in [9.17, 15) is 4.79 Å². The molecule has 0 aliphatic carbocycles. The highest BCUT2D eigenvalue weighted by Crippen LogP contribution is 2.17. The van der Waals surface area contributed by atoms with E-state index < -0.39 is 0 Å². The SMILES string of the molecule is COCCNC(=NCC(=O)N(C)C)N1CCC(OCC2CCCO2)CC1.I. The number of amides is 1. The fourth-order valence-corrected chi connectivity index (χ4v) is 3.07. The Balaban J connectivity index is 0.00000364. The minimum absolute atomic E-state index is 0. The maximum Gasteiger partial charge on any atom is 0.243 e. The predicted molar refractivity (Wildman–Crippen MR) is 116 cm³/mol. The molecule has 2 fully saturated rings. The van der Waals surface area contributed by atoms with Gasteiger partial charge in [-0.05, 0) is 25.7 Å². The minimum Gasteiger partial charge on any atom is -0.383 e. The van der Waals surface area contributed by atoms with Crippen LogP contribution in [0.25, 0.3) is 0 Å². The molecule has 1 atom stereocenters. The lowest BCUT2D eigenvalue weighted by atomic mass is 10.1. The van der Waals surface area contributed by atoms with Gasteiger partial charge in [0.2, 0.25) is 5.91 Å². The molecule has 0 bridgehead atoms. The molecule has 2 rings (SSSR count). The van der Waals surface area contributed by atoms with Crippen LogP contribution in [0.4, 0.5) is 0 Å². The standard InChI is InChI=1S/C18H34N4O4.HI/c1-21(2)17(23)13-20-18(19-8-12-24-3)22-9-6-15(7-10-22)26-14-16-5-4-11-25-16;/h15-16H,4-14H2,1-3H3,(H,19,20);1H. The lowest BCUT2D eigenvalue weighted by Gasteiger charge is -2.34. The fourth-order valence-electron chi connectivity index (χ4n) is 3.07. The van der Waals surface area contributed by atoms with E-state index in [-0.39, 0.29) is 48.6 Å². The van der Waals surface area contributed by atoms with Crippen LogP contribution < -0.4 is 5.32 Å². The molecule has 2 saturated heterocycles. The van der Waals surface area contributed by atoms with Gasteiger partial charge in [-0.3, -0.25) is 4.79 Å². The van der Waals surface area contributed by atoms with Crippen LogP contribution in [-0.4, -0.2) is 101 Å². The Bertz CT molecular complexity index is 451. The molecule has 8 nitrogen and oxygen atoms in total. The molecule has 0 spiro atoms. The van der Waals surface area contributed by atoms with Crippen molar-refractivity contribution in [3.05, 3.63) is 0 Å². The van der Waals surface area contributed by atoms with Crippen LogP contribution in [0.2, 0.25) is 0 Å². The van der Waals surface area contributed by atoms with Crippen LogP contribution in [0.5, 0.6) is 0 Å². The third-order valence-corrected chi connectivity index (χ3v) is 4.74. The van der Waals surface area contributed by atoms with E-state index in [1.54, 1.807) is 26.1 Å². The number of ether oxygens (including phenoxy) is 3. The quantitative estimate of drug-likeness (QED) is 0.233. The van der Waals surface area contributed by atoms with E-state index in [4.69, 9.17) is 14.2 Å². The average Bonchev–Trinajstić information content (AvgIpc) is 3.16. The van der Waals surface area contributed by atoms with Crippen LogP contribution in [-0.2, 0) is 19.0 Å². The molecule has 158 valence electrons. The fraction of sp³-hybridized carbons (Fsp3) is 0.889. The predicted octanol–water partition coefficient (Wildman–Crippen LogP) is 0.945. The molecule has 0 radical (unpaired) electrons. The van der Waals surface area contributed by atoms with Crippen molar-refractivity contribution in [1.29, 1.82) is 0 Å². The summed E-state index contributed by atoms with van der Waals surface area (Å²) in [6.45, 7) is 4.72. The number of nitrogens with zero attached hydrogens (tertiary/aromatic N) is 3. The molecule has 1 amide bonds. The van der Waals surface area contributed by atoms with E-state index in [0.29, 0.717) is 19.8 Å². The van der Waals surface area contributed by atoms with E-state index >= 15 is 0 Å². The second-order valence-electron chi connectivity index (χ2n) is 7.00. The summed E-state index contributed by atoms with van der Waals surface area (Å²) in [6.07, 6.45) is 4.72. The highest BCUT2D eigenvalue weighted by atomic mass is 127. The zero-order valence-corrected chi connectivity index (χ0v) is 19.1. The van der Waals surface area contributed by atoms with Gasteiger partial charge in [0, 0.05) is 47.4 Å². The van der Waals surface area contributed by atoms with E-state index in [1.165, 1.54) is 0 Å². The Morgan fingerprint density at radius 2 is 2.04 bits per heavy atom. The van der Waals surface area contributed by atoms with Crippen molar-refractivity contribution < 1.29 is 19.0 Å². The van der Waals surface area contributed by atoms with Gasteiger partial charge in [0.1, 0.15) is 6.54 Å². The van der Waals surface area contributed by atoms with Gasteiger partial charge in [0.05, 0.1) is 25.4 Å². The van der Waals surface area contributed by atoms with E-state index in [2.05, 4.69) is 15.2 Å². The molecule has 2 heterocycles. The molecule has 0 saturated carbocycles. The van der Waals surface area contributed by atoms with Crippen molar-refractivity contribution in [2.45, 2.75) is 37.9 Å². The number of nitrogens with one attached hydrogen (secondary N) is 1. The first kappa shape index (κ1) is 24.4. The van der Waals surface area contributed by atoms with E-state index in [1.807, 2.05) is 0 Å². The van der Waals surface area contributed by atoms with Crippen molar-refractivity contribution in [3.63, 3.8) is 0 Å². The monoisotopic (exact) mass is 498 g/mol. The van der Waals surface area contributed by atoms with Crippen molar-refractivity contribution in [2.75, 3.05) is 67.2 Å². The van der Waals surface area contributed by atoms with Gasteiger partial charge in [0.15, 0.2) is 5.96 Å². The molecular weight excluding hydrogens is 463 g/mol.